The second-order valence-corrected chi connectivity index (χ2v) is 10.4. The van der Waals surface area contributed by atoms with Crippen molar-refractivity contribution in [3.05, 3.63) is 95.6 Å². The Morgan fingerprint density at radius 2 is 1.92 bits per heavy atom. The van der Waals surface area contributed by atoms with Crippen LogP contribution in [0, 0.1) is 10.1 Å². The van der Waals surface area contributed by atoms with Crippen LogP contribution in [0.5, 0.6) is 0 Å². The summed E-state index contributed by atoms with van der Waals surface area (Å²) in [5.41, 5.74) is 1.95. The van der Waals surface area contributed by atoms with Gasteiger partial charge >= 0.3 is 0 Å². The van der Waals surface area contributed by atoms with Crippen molar-refractivity contribution in [2.24, 2.45) is 0 Å². The predicted molar refractivity (Wildman–Crippen MR) is 144 cm³/mol. The zero-order chi connectivity index (χ0) is 26.5. The lowest BCUT2D eigenvalue weighted by Gasteiger charge is -2.38. The molecule has 0 saturated carbocycles. The second kappa shape index (κ2) is 12.0. The summed E-state index contributed by atoms with van der Waals surface area (Å²) in [6, 6.07) is 12.2. The molecule has 1 aliphatic rings. The Morgan fingerprint density at radius 3 is 2.59 bits per heavy atom. The molecule has 37 heavy (non-hydrogen) atoms. The number of carbonyl (C=O) groups excluding carboxylic acids is 2. The highest BCUT2D eigenvalue weighted by molar-refractivity contribution is 7.10. The van der Waals surface area contributed by atoms with Crippen molar-refractivity contribution in [2.45, 2.75) is 18.9 Å². The van der Waals surface area contributed by atoms with Crippen LogP contribution in [0.4, 0.5) is 5.69 Å². The lowest BCUT2D eigenvalue weighted by Crippen LogP contribution is -2.47. The molecule has 3 aromatic rings. The summed E-state index contributed by atoms with van der Waals surface area (Å²) in [5.74, 6) is -0.603. The fraction of sp³-hybridized carbons (Fsp3) is 0.308. The number of halogens is 2. The Labute approximate surface area is 228 Å². The summed E-state index contributed by atoms with van der Waals surface area (Å²) in [7, 11) is 1.57. The number of rotatable bonds is 9. The highest BCUT2D eigenvalue weighted by Gasteiger charge is 2.35. The van der Waals surface area contributed by atoms with Crippen molar-refractivity contribution in [2.75, 3.05) is 33.4 Å². The van der Waals surface area contributed by atoms with Gasteiger partial charge in [-0.3, -0.25) is 19.7 Å². The van der Waals surface area contributed by atoms with Gasteiger partial charge < -0.3 is 14.5 Å². The molecule has 0 radical (unpaired) electrons. The van der Waals surface area contributed by atoms with Gasteiger partial charge in [-0.15, -0.1) is 11.3 Å². The minimum atomic E-state index is -0.523. The molecule has 4 rings (SSSR count). The number of nitro groups is 1. The first-order valence-corrected chi connectivity index (χ1v) is 13.3. The zero-order valence-corrected chi connectivity index (χ0v) is 22.4. The molecular formula is C26H25Cl2N3O5S. The molecule has 2 heterocycles. The van der Waals surface area contributed by atoms with E-state index in [9.17, 15) is 19.7 Å². The third kappa shape index (κ3) is 6.13. The average Bonchev–Trinajstić information content (AvgIpc) is 3.36. The summed E-state index contributed by atoms with van der Waals surface area (Å²) in [5, 5.41) is 14.0. The maximum absolute atomic E-state index is 13.8. The molecule has 0 aliphatic carbocycles. The fourth-order valence-electron chi connectivity index (χ4n) is 4.46. The largest absolute Gasteiger partial charge is 0.385 e. The highest BCUT2D eigenvalue weighted by atomic mass is 35.5. The molecule has 11 heteroatoms. The van der Waals surface area contributed by atoms with Gasteiger partial charge in [0.25, 0.3) is 11.6 Å². The molecule has 194 valence electrons. The van der Waals surface area contributed by atoms with Gasteiger partial charge in [0.1, 0.15) is 6.54 Å². The first-order valence-electron chi connectivity index (χ1n) is 11.6. The third-order valence-corrected chi connectivity index (χ3v) is 7.82. The van der Waals surface area contributed by atoms with Gasteiger partial charge in [-0.25, -0.2) is 0 Å². The maximum atomic E-state index is 13.8. The predicted octanol–water partition coefficient (Wildman–Crippen LogP) is 5.62. The van der Waals surface area contributed by atoms with Gasteiger partial charge in [0.05, 0.1) is 11.0 Å². The van der Waals surface area contributed by atoms with Crippen molar-refractivity contribution >= 4 is 52.0 Å². The number of benzene rings is 2. The van der Waals surface area contributed by atoms with Gasteiger partial charge in [-0.1, -0.05) is 29.3 Å². The number of amides is 2. The Balaban J connectivity index is 1.61. The van der Waals surface area contributed by atoms with Crippen LogP contribution in [0.15, 0.2) is 53.9 Å². The average molecular weight is 562 g/mol. The van der Waals surface area contributed by atoms with Gasteiger partial charge in [-0.05, 0) is 59.7 Å². The Kier molecular flexibility index (Phi) is 8.81. The number of methoxy groups -OCH3 is 1. The van der Waals surface area contributed by atoms with E-state index in [2.05, 4.69) is 0 Å². The minimum Gasteiger partial charge on any atom is -0.385 e. The quantitative estimate of drug-likeness (QED) is 0.192. The van der Waals surface area contributed by atoms with Gasteiger partial charge in [-0.2, -0.15) is 0 Å². The molecule has 8 nitrogen and oxygen atoms in total. The number of ether oxygens (including phenoxy) is 1. The van der Waals surface area contributed by atoms with Crippen molar-refractivity contribution in [3.8, 4) is 0 Å². The van der Waals surface area contributed by atoms with Crippen molar-refractivity contribution in [1.82, 2.24) is 9.80 Å². The fourth-order valence-corrected chi connectivity index (χ4v) is 5.87. The first kappa shape index (κ1) is 27.1. The molecular weight excluding hydrogens is 537 g/mol. The topological polar surface area (TPSA) is 93.0 Å². The van der Waals surface area contributed by atoms with Crippen molar-refractivity contribution < 1.29 is 19.2 Å². The van der Waals surface area contributed by atoms with E-state index in [0.29, 0.717) is 42.6 Å². The smallest absolute Gasteiger partial charge is 0.269 e. The van der Waals surface area contributed by atoms with Gasteiger partial charge in [0.2, 0.25) is 5.91 Å². The van der Waals surface area contributed by atoms with E-state index in [1.54, 1.807) is 35.5 Å². The van der Waals surface area contributed by atoms with Crippen LogP contribution < -0.4 is 0 Å². The van der Waals surface area contributed by atoms with Crippen LogP contribution in [0.2, 0.25) is 10.0 Å². The van der Waals surface area contributed by atoms with E-state index in [-0.39, 0.29) is 29.6 Å². The molecule has 0 fully saturated rings. The van der Waals surface area contributed by atoms with Crippen LogP contribution in [0.1, 0.15) is 38.8 Å². The van der Waals surface area contributed by atoms with Crippen LogP contribution in [0.25, 0.3) is 0 Å². The maximum Gasteiger partial charge on any atom is 0.269 e. The number of nitrogens with zero attached hydrogens (tertiary/aromatic N) is 3. The second-order valence-electron chi connectivity index (χ2n) is 8.58. The molecule has 2 aromatic carbocycles. The van der Waals surface area contributed by atoms with Crippen molar-refractivity contribution in [1.29, 1.82) is 0 Å². The van der Waals surface area contributed by atoms with Crippen LogP contribution in [-0.4, -0.2) is 59.9 Å². The van der Waals surface area contributed by atoms with Crippen LogP contribution in [-0.2, 0) is 16.0 Å². The molecule has 1 aromatic heterocycles. The van der Waals surface area contributed by atoms with E-state index in [0.717, 1.165) is 11.1 Å². The van der Waals surface area contributed by atoms with E-state index >= 15 is 0 Å². The number of carbonyl (C=O) groups is 2. The molecule has 1 atom stereocenters. The van der Waals surface area contributed by atoms with E-state index in [1.807, 2.05) is 17.5 Å². The molecule has 1 aliphatic heterocycles. The number of hydrogen-bond acceptors (Lipinski definition) is 6. The monoisotopic (exact) mass is 561 g/mol. The van der Waals surface area contributed by atoms with E-state index in [1.165, 1.54) is 34.0 Å². The number of fused-ring (bicyclic) bond motifs is 1. The molecule has 1 unspecified atom stereocenters. The lowest BCUT2D eigenvalue weighted by molar-refractivity contribution is -0.384. The summed E-state index contributed by atoms with van der Waals surface area (Å²) in [4.78, 5) is 42.0. The molecule has 2 amide bonds. The molecule has 0 saturated heterocycles. The summed E-state index contributed by atoms with van der Waals surface area (Å²) >= 11 is 14.4. The standard InChI is InChI=1S/C26H25Cl2N3O5S/c1-36-13-2-11-29(26(33)17-3-6-19(7-4-17)31(34)35)16-24(32)30-12-9-23-21(10-14-37-23)25(30)20-8-5-18(27)15-22(20)28/h3-8,10,14-15,25H,2,9,11-13,16H2,1H3. The Hall–Kier alpha value is -2.98. The summed E-state index contributed by atoms with van der Waals surface area (Å²) in [6.07, 6.45) is 1.24. The van der Waals surface area contributed by atoms with E-state index < -0.39 is 11.0 Å². The van der Waals surface area contributed by atoms with Crippen LogP contribution in [0.3, 0.4) is 0 Å². The zero-order valence-electron chi connectivity index (χ0n) is 20.1. The molecule has 0 N–H and O–H groups in total. The normalized spacial score (nSPS) is 14.8. The van der Waals surface area contributed by atoms with E-state index in [4.69, 9.17) is 27.9 Å². The lowest BCUT2D eigenvalue weighted by atomic mass is 9.93. The molecule has 0 spiro atoms. The van der Waals surface area contributed by atoms with Gasteiger partial charge in [0.15, 0.2) is 0 Å². The van der Waals surface area contributed by atoms with Gasteiger partial charge in [0, 0.05) is 59.4 Å². The molecule has 0 bridgehead atoms. The Morgan fingerprint density at radius 1 is 1.16 bits per heavy atom. The number of thiophene rings is 1. The van der Waals surface area contributed by atoms with Crippen LogP contribution >= 0.6 is 34.5 Å². The third-order valence-electron chi connectivity index (χ3n) is 6.26. The summed E-state index contributed by atoms with van der Waals surface area (Å²) < 4.78 is 5.14. The number of nitro benzene ring substituents is 1. The number of hydrogen-bond donors (Lipinski definition) is 0. The Bertz CT molecular complexity index is 1300. The number of non-ortho nitro benzene ring substituents is 1. The van der Waals surface area contributed by atoms with Crippen molar-refractivity contribution in [3.63, 3.8) is 0 Å². The SMILES string of the molecule is COCCCN(CC(=O)N1CCc2sccc2C1c1ccc(Cl)cc1Cl)C(=O)c1ccc([N+](=O)[O-])cc1. The first-order chi connectivity index (χ1) is 17.8. The minimum absolute atomic E-state index is 0.110. The summed E-state index contributed by atoms with van der Waals surface area (Å²) in [6.45, 7) is 1.04. The highest BCUT2D eigenvalue weighted by Crippen LogP contribution is 2.41.